The molecule has 2 fully saturated rings. The predicted molar refractivity (Wildman–Crippen MR) is 147 cm³/mol. The standard InChI is InChI=1S/C29H39N7O4/c1-5-35-23(12-13-31-35)26(37)33-25(20-8-6-18(2)7-9-20)22-17-36-24(32-22)11-10-21(34-36)15-29(28(39)40-4)14-19(3)16-30-27(29)38/h10-13,17-20,25H,5-9,14-16H2,1-4H3,(H,30,38)(H,33,37)/t18-,19?,20-,25-,29?/m0/s1. The van der Waals surface area contributed by atoms with Crippen molar-refractivity contribution in [2.45, 2.75) is 71.9 Å². The van der Waals surface area contributed by atoms with Gasteiger partial charge in [-0.2, -0.15) is 10.2 Å². The normalized spacial score (nSPS) is 25.8. The van der Waals surface area contributed by atoms with Gasteiger partial charge in [-0.1, -0.05) is 26.7 Å². The number of fused-ring (bicyclic) bond motifs is 1. The Morgan fingerprint density at radius 3 is 2.67 bits per heavy atom. The lowest BCUT2D eigenvalue weighted by Gasteiger charge is -2.36. The van der Waals surface area contributed by atoms with Crippen LogP contribution in [-0.2, 0) is 27.3 Å². The molecule has 11 nitrogen and oxygen atoms in total. The number of piperidine rings is 1. The highest BCUT2D eigenvalue weighted by Crippen LogP contribution is 2.38. The summed E-state index contributed by atoms with van der Waals surface area (Å²) in [6, 6.07) is 5.10. The number of rotatable bonds is 8. The first-order chi connectivity index (χ1) is 19.2. The van der Waals surface area contributed by atoms with Gasteiger partial charge >= 0.3 is 5.97 Å². The summed E-state index contributed by atoms with van der Waals surface area (Å²) in [5.74, 6) is -0.00594. The van der Waals surface area contributed by atoms with Crippen LogP contribution in [0, 0.1) is 23.2 Å². The molecule has 3 aromatic heterocycles. The number of carbonyl (C=O) groups is 3. The fourth-order valence-electron chi connectivity index (χ4n) is 6.33. The zero-order valence-corrected chi connectivity index (χ0v) is 23.7. The molecule has 0 radical (unpaired) electrons. The molecular weight excluding hydrogens is 510 g/mol. The van der Waals surface area contributed by atoms with Crippen LogP contribution in [-0.4, -0.2) is 55.8 Å². The maximum Gasteiger partial charge on any atom is 0.321 e. The number of methoxy groups -OCH3 is 1. The first kappa shape index (κ1) is 27.8. The zero-order chi connectivity index (χ0) is 28.4. The fourth-order valence-corrected chi connectivity index (χ4v) is 6.33. The van der Waals surface area contributed by atoms with Crippen molar-refractivity contribution in [3.63, 3.8) is 0 Å². The maximum atomic E-state index is 13.3. The Kier molecular flexibility index (Phi) is 7.91. The van der Waals surface area contributed by atoms with Gasteiger partial charge in [0.1, 0.15) is 5.69 Å². The second-order valence-electron chi connectivity index (χ2n) is 11.6. The number of nitrogens with one attached hydrogen (secondary N) is 2. The molecule has 1 saturated carbocycles. The fraction of sp³-hybridized carbons (Fsp3) is 0.586. The van der Waals surface area contributed by atoms with E-state index in [2.05, 4.69) is 22.7 Å². The molecule has 3 aromatic rings. The summed E-state index contributed by atoms with van der Waals surface area (Å²) < 4.78 is 8.44. The minimum atomic E-state index is -1.33. The van der Waals surface area contributed by atoms with E-state index in [1.54, 1.807) is 27.5 Å². The lowest BCUT2D eigenvalue weighted by molar-refractivity contribution is -0.162. The average Bonchev–Trinajstić information content (AvgIpc) is 3.60. The molecule has 1 aliphatic carbocycles. The number of aryl methyl sites for hydroxylation is 1. The number of aromatic nitrogens is 5. The molecule has 214 valence electrons. The van der Waals surface area contributed by atoms with Gasteiger partial charge in [-0.25, -0.2) is 9.50 Å². The van der Waals surface area contributed by atoms with E-state index in [1.807, 2.05) is 26.1 Å². The van der Waals surface area contributed by atoms with Crippen molar-refractivity contribution >= 4 is 23.4 Å². The third kappa shape index (κ3) is 5.33. The second-order valence-corrected chi connectivity index (χ2v) is 11.6. The van der Waals surface area contributed by atoms with Gasteiger partial charge in [-0.15, -0.1) is 0 Å². The van der Waals surface area contributed by atoms with Gasteiger partial charge < -0.3 is 15.4 Å². The van der Waals surface area contributed by atoms with E-state index < -0.39 is 11.4 Å². The van der Waals surface area contributed by atoms with Gasteiger partial charge in [-0.05, 0) is 62.1 Å². The summed E-state index contributed by atoms with van der Waals surface area (Å²) >= 11 is 0. The van der Waals surface area contributed by atoms with E-state index >= 15 is 0 Å². The number of carbonyl (C=O) groups excluding carboxylic acids is 3. The summed E-state index contributed by atoms with van der Waals surface area (Å²) in [5, 5.41) is 15.1. The Morgan fingerprint density at radius 2 is 1.95 bits per heavy atom. The van der Waals surface area contributed by atoms with E-state index in [0.29, 0.717) is 42.5 Å². The van der Waals surface area contributed by atoms with Crippen molar-refractivity contribution in [3.05, 3.63) is 47.7 Å². The first-order valence-corrected chi connectivity index (χ1v) is 14.3. The first-order valence-electron chi connectivity index (χ1n) is 14.3. The molecule has 0 aromatic carbocycles. The highest BCUT2D eigenvalue weighted by atomic mass is 16.5. The van der Waals surface area contributed by atoms with Crippen LogP contribution in [0.2, 0.25) is 0 Å². The minimum Gasteiger partial charge on any atom is -0.468 e. The minimum absolute atomic E-state index is 0.126. The van der Waals surface area contributed by atoms with Gasteiger partial charge in [0, 0.05) is 25.7 Å². The van der Waals surface area contributed by atoms with Crippen LogP contribution in [0.4, 0.5) is 0 Å². The molecule has 3 atom stereocenters. The molecular formula is C29H39N7O4. The lowest BCUT2D eigenvalue weighted by Crippen LogP contribution is -2.55. The molecule has 0 spiro atoms. The predicted octanol–water partition coefficient (Wildman–Crippen LogP) is 3.10. The summed E-state index contributed by atoms with van der Waals surface area (Å²) in [5.41, 5.74) is 1.16. The van der Waals surface area contributed by atoms with Crippen molar-refractivity contribution in [2.24, 2.45) is 23.2 Å². The number of amides is 2. The van der Waals surface area contributed by atoms with Crippen LogP contribution >= 0.6 is 0 Å². The molecule has 0 bridgehead atoms. The number of esters is 1. The SMILES string of the molecule is CCn1nccc1C(=O)N[C@H](c1cn2nc(CC3(C(=O)OC)CC(C)CNC3=O)ccc2n1)[C@H]1CC[C@H](C)CC1. The summed E-state index contributed by atoms with van der Waals surface area (Å²) in [7, 11) is 1.31. The summed E-state index contributed by atoms with van der Waals surface area (Å²) in [4.78, 5) is 44.0. The molecule has 4 heterocycles. The van der Waals surface area contributed by atoms with Crippen LogP contribution in [0.1, 0.15) is 80.8 Å². The lowest BCUT2D eigenvalue weighted by atomic mass is 9.72. The third-order valence-corrected chi connectivity index (χ3v) is 8.58. The van der Waals surface area contributed by atoms with Crippen LogP contribution in [0.25, 0.3) is 5.65 Å². The highest BCUT2D eigenvalue weighted by molar-refractivity contribution is 6.03. The zero-order valence-electron chi connectivity index (χ0n) is 23.7. The topological polar surface area (TPSA) is 133 Å². The number of nitrogens with zero attached hydrogens (tertiary/aromatic N) is 5. The van der Waals surface area contributed by atoms with Crippen molar-refractivity contribution in [3.8, 4) is 0 Å². The van der Waals surface area contributed by atoms with Gasteiger partial charge in [-0.3, -0.25) is 19.1 Å². The Bertz CT molecular complexity index is 1380. The molecule has 2 unspecified atom stereocenters. The molecule has 2 N–H and O–H groups in total. The highest BCUT2D eigenvalue weighted by Gasteiger charge is 2.50. The van der Waals surface area contributed by atoms with Gasteiger partial charge in [0.2, 0.25) is 5.91 Å². The van der Waals surface area contributed by atoms with Crippen molar-refractivity contribution < 1.29 is 19.1 Å². The molecule has 40 heavy (non-hydrogen) atoms. The molecule has 2 aliphatic rings. The molecule has 5 rings (SSSR count). The maximum absolute atomic E-state index is 13.3. The van der Waals surface area contributed by atoms with E-state index in [-0.39, 0.29) is 36.1 Å². The second kappa shape index (κ2) is 11.4. The van der Waals surface area contributed by atoms with Crippen molar-refractivity contribution in [1.29, 1.82) is 0 Å². The van der Waals surface area contributed by atoms with Gasteiger partial charge in [0.15, 0.2) is 11.1 Å². The van der Waals surface area contributed by atoms with Crippen LogP contribution in [0.5, 0.6) is 0 Å². The van der Waals surface area contributed by atoms with E-state index in [4.69, 9.17) is 14.8 Å². The van der Waals surface area contributed by atoms with Crippen molar-refractivity contribution in [2.75, 3.05) is 13.7 Å². The van der Waals surface area contributed by atoms with Gasteiger partial charge in [0.05, 0.1) is 30.7 Å². The summed E-state index contributed by atoms with van der Waals surface area (Å²) in [6.07, 6.45) is 8.23. The Morgan fingerprint density at radius 1 is 1.18 bits per heavy atom. The molecule has 11 heteroatoms. The van der Waals surface area contributed by atoms with Crippen molar-refractivity contribution in [1.82, 2.24) is 35.0 Å². The van der Waals surface area contributed by atoms with E-state index in [9.17, 15) is 14.4 Å². The molecule has 1 aliphatic heterocycles. The average molecular weight is 550 g/mol. The summed E-state index contributed by atoms with van der Waals surface area (Å²) in [6.45, 7) is 7.36. The number of ether oxygens (including phenoxy) is 1. The van der Waals surface area contributed by atoms with Crippen LogP contribution in [0.15, 0.2) is 30.6 Å². The molecule has 1 saturated heterocycles. The van der Waals surface area contributed by atoms with Crippen LogP contribution < -0.4 is 10.6 Å². The Hall–Kier alpha value is -3.76. The molecule has 2 amide bonds. The number of hydrogen-bond donors (Lipinski definition) is 2. The van der Waals surface area contributed by atoms with Gasteiger partial charge in [0.25, 0.3) is 5.91 Å². The smallest absolute Gasteiger partial charge is 0.321 e. The largest absolute Gasteiger partial charge is 0.468 e. The Labute approximate surface area is 234 Å². The van der Waals surface area contributed by atoms with E-state index in [1.165, 1.54) is 7.11 Å². The number of hydrogen-bond acceptors (Lipinski definition) is 7. The number of imidazole rings is 1. The van der Waals surface area contributed by atoms with E-state index in [0.717, 1.165) is 31.4 Å². The van der Waals surface area contributed by atoms with Crippen LogP contribution in [0.3, 0.4) is 0 Å². The quantitative estimate of drug-likeness (QED) is 0.326. The third-order valence-electron chi connectivity index (χ3n) is 8.58. The Balaban J connectivity index is 1.45. The monoisotopic (exact) mass is 549 g/mol.